The standard InChI is InChI=1S/C10H10F2O/c1-13-8-5-4-7(11)9(10(8)12)6-2-3-6/h4-6H,2-3H2,1H3. The summed E-state index contributed by atoms with van der Waals surface area (Å²) in [7, 11) is 1.38. The molecule has 0 aliphatic heterocycles. The van der Waals surface area contributed by atoms with E-state index < -0.39 is 11.6 Å². The Bertz CT molecular complexity index is 332. The molecular weight excluding hydrogens is 174 g/mol. The predicted octanol–water partition coefficient (Wildman–Crippen LogP) is 2.85. The Morgan fingerprint density at radius 3 is 2.54 bits per heavy atom. The second kappa shape index (κ2) is 2.98. The van der Waals surface area contributed by atoms with Gasteiger partial charge in [-0.3, -0.25) is 0 Å². The third kappa shape index (κ3) is 1.39. The van der Waals surface area contributed by atoms with Crippen LogP contribution >= 0.6 is 0 Å². The molecule has 0 spiro atoms. The van der Waals surface area contributed by atoms with E-state index in [-0.39, 0.29) is 17.2 Å². The van der Waals surface area contributed by atoms with E-state index in [4.69, 9.17) is 4.74 Å². The molecule has 1 fully saturated rings. The van der Waals surface area contributed by atoms with Gasteiger partial charge in [0.05, 0.1) is 7.11 Å². The molecule has 1 saturated carbocycles. The Morgan fingerprint density at radius 2 is 2.00 bits per heavy atom. The van der Waals surface area contributed by atoms with Crippen LogP contribution in [0.25, 0.3) is 0 Å². The van der Waals surface area contributed by atoms with Crippen LogP contribution in [0.3, 0.4) is 0 Å². The van der Waals surface area contributed by atoms with Crippen molar-refractivity contribution in [3.05, 3.63) is 29.3 Å². The molecule has 1 nitrogen and oxygen atoms in total. The minimum absolute atomic E-state index is 0.0649. The largest absolute Gasteiger partial charge is 0.494 e. The number of hydrogen-bond donors (Lipinski definition) is 0. The van der Waals surface area contributed by atoms with Gasteiger partial charge in [0.25, 0.3) is 0 Å². The zero-order chi connectivity index (χ0) is 9.42. The smallest absolute Gasteiger partial charge is 0.171 e. The Labute approximate surface area is 75.3 Å². The van der Waals surface area contributed by atoms with Crippen LogP contribution in [0, 0.1) is 11.6 Å². The molecule has 0 unspecified atom stereocenters. The molecule has 0 aromatic heterocycles. The van der Waals surface area contributed by atoms with Crippen molar-refractivity contribution in [2.45, 2.75) is 18.8 Å². The summed E-state index contributed by atoms with van der Waals surface area (Å²) in [5.74, 6) is -0.802. The number of benzene rings is 1. The molecule has 13 heavy (non-hydrogen) atoms. The maximum Gasteiger partial charge on any atom is 0.171 e. The lowest BCUT2D eigenvalue weighted by Gasteiger charge is -2.07. The zero-order valence-corrected chi connectivity index (χ0v) is 7.31. The summed E-state index contributed by atoms with van der Waals surface area (Å²) in [6.07, 6.45) is 1.75. The minimum Gasteiger partial charge on any atom is -0.494 e. The van der Waals surface area contributed by atoms with E-state index >= 15 is 0 Å². The first kappa shape index (κ1) is 8.48. The third-order valence-corrected chi connectivity index (χ3v) is 2.30. The predicted molar refractivity (Wildman–Crippen MR) is 44.9 cm³/mol. The average molecular weight is 184 g/mol. The van der Waals surface area contributed by atoms with E-state index in [1.54, 1.807) is 0 Å². The third-order valence-electron chi connectivity index (χ3n) is 2.30. The summed E-state index contributed by atoms with van der Waals surface area (Å²) in [5, 5.41) is 0. The maximum absolute atomic E-state index is 13.5. The summed E-state index contributed by atoms with van der Waals surface area (Å²) < 4.78 is 31.4. The van der Waals surface area contributed by atoms with E-state index in [9.17, 15) is 8.78 Å². The quantitative estimate of drug-likeness (QED) is 0.686. The molecule has 1 aliphatic carbocycles. The fourth-order valence-corrected chi connectivity index (χ4v) is 1.45. The van der Waals surface area contributed by atoms with Crippen LogP contribution in [-0.4, -0.2) is 7.11 Å². The Kier molecular flexibility index (Phi) is 1.94. The molecule has 2 rings (SSSR count). The summed E-state index contributed by atoms with van der Waals surface area (Å²) in [6, 6.07) is 2.58. The molecule has 0 bridgehead atoms. The fourth-order valence-electron chi connectivity index (χ4n) is 1.45. The van der Waals surface area contributed by atoms with Gasteiger partial charge in [0, 0.05) is 5.56 Å². The molecule has 0 amide bonds. The number of halogens is 2. The maximum atomic E-state index is 13.5. The van der Waals surface area contributed by atoms with Crippen molar-refractivity contribution >= 4 is 0 Å². The average Bonchev–Trinajstić information content (AvgIpc) is 2.89. The van der Waals surface area contributed by atoms with Crippen molar-refractivity contribution in [3.8, 4) is 5.75 Å². The molecule has 3 heteroatoms. The normalized spacial score (nSPS) is 15.9. The van der Waals surface area contributed by atoms with Gasteiger partial charge in [0.15, 0.2) is 11.6 Å². The first-order valence-electron chi connectivity index (χ1n) is 4.26. The van der Waals surface area contributed by atoms with Crippen LogP contribution in [-0.2, 0) is 0 Å². The van der Waals surface area contributed by atoms with Crippen molar-refractivity contribution in [1.82, 2.24) is 0 Å². The van der Waals surface area contributed by atoms with Crippen LogP contribution in [0.2, 0.25) is 0 Å². The van der Waals surface area contributed by atoms with Gasteiger partial charge in [-0.25, -0.2) is 8.78 Å². The number of methoxy groups -OCH3 is 1. The van der Waals surface area contributed by atoms with Crippen LogP contribution in [0.4, 0.5) is 8.78 Å². The van der Waals surface area contributed by atoms with Gasteiger partial charge in [0.2, 0.25) is 0 Å². The van der Waals surface area contributed by atoms with Crippen LogP contribution in [0.15, 0.2) is 12.1 Å². The first-order chi connectivity index (χ1) is 6.24. The lowest BCUT2D eigenvalue weighted by atomic mass is 10.1. The molecule has 0 heterocycles. The van der Waals surface area contributed by atoms with Gasteiger partial charge >= 0.3 is 0 Å². The van der Waals surface area contributed by atoms with E-state index in [0.717, 1.165) is 12.8 Å². The van der Waals surface area contributed by atoms with Gasteiger partial charge < -0.3 is 4.74 Å². The topological polar surface area (TPSA) is 9.23 Å². The second-order valence-corrected chi connectivity index (χ2v) is 3.25. The van der Waals surface area contributed by atoms with Crippen molar-refractivity contribution in [2.75, 3.05) is 7.11 Å². The highest BCUT2D eigenvalue weighted by Crippen LogP contribution is 2.44. The van der Waals surface area contributed by atoms with Gasteiger partial charge in [-0.2, -0.15) is 0 Å². The van der Waals surface area contributed by atoms with E-state index in [1.807, 2.05) is 0 Å². The number of ether oxygens (including phenoxy) is 1. The van der Waals surface area contributed by atoms with Crippen molar-refractivity contribution in [3.63, 3.8) is 0 Å². The molecule has 1 aromatic carbocycles. The van der Waals surface area contributed by atoms with Crippen LogP contribution < -0.4 is 4.74 Å². The Balaban J connectivity index is 2.50. The SMILES string of the molecule is COc1ccc(F)c(C2CC2)c1F. The second-order valence-electron chi connectivity index (χ2n) is 3.25. The minimum atomic E-state index is -0.537. The van der Waals surface area contributed by atoms with Gasteiger partial charge in [-0.15, -0.1) is 0 Å². The monoisotopic (exact) mass is 184 g/mol. The van der Waals surface area contributed by atoms with E-state index in [2.05, 4.69) is 0 Å². The zero-order valence-electron chi connectivity index (χ0n) is 7.31. The van der Waals surface area contributed by atoms with Gasteiger partial charge in [-0.1, -0.05) is 0 Å². The summed E-state index contributed by atoms with van der Waals surface area (Å²) in [6.45, 7) is 0. The molecule has 1 aliphatic rings. The van der Waals surface area contributed by atoms with Gasteiger partial charge in [0.1, 0.15) is 5.82 Å². The number of rotatable bonds is 2. The summed E-state index contributed by atoms with van der Waals surface area (Å²) in [4.78, 5) is 0. The number of hydrogen-bond acceptors (Lipinski definition) is 1. The Morgan fingerprint density at radius 1 is 1.31 bits per heavy atom. The molecular formula is C10H10F2O. The highest BCUT2D eigenvalue weighted by Gasteiger charge is 2.31. The molecule has 1 aromatic rings. The van der Waals surface area contributed by atoms with E-state index in [1.165, 1.54) is 19.2 Å². The first-order valence-corrected chi connectivity index (χ1v) is 4.26. The molecule has 70 valence electrons. The lowest BCUT2D eigenvalue weighted by molar-refractivity contribution is 0.380. The van der Waals surface area contributed by atoms with E-state index in [0.29, 0.717) is 0 Å². The van der Waals surface area contributed by atoms with Gasteiger partial charge in [-0.05, 0) is 30.9 Å². The van der Waals surface area contributed by atoms with Crippen molar-refractivity contribution < 1.29 is 13.5 Å². The Hall–Kier alpha value is -1.12. The highest BCUT2D eigenvalue weighted by atomic mass is 19.1. The fraction of sp³-hybridized carbons (Fsp3) is 0.400. The summed E-state index contributed by atoms with van der Waals surface area (Å²) >= 11 is 0. The van der Waals surface area contributed by atoms with Crippen molar-refractivity contribution in [2.24, 2.45) is 0 Å². The van der Waals surface area contributed by atoms with Crippen molar-refractivity contribution in [1.29, 1.82) is 0 Å². The highest BCUT2D eigenvalue weighted by molar-refractivity contribution is 5.36. The van der Waals surface area contributed by atoms with Crippen LogP contribution in [0.1, 0.15) is 24.3 Å². The molecule has 0 saturated heterocycles. The summed E-state index contributed by atoms with van der Waals surface area (Å²) in [5.41, 5.74) is 0.194. The molecule has 0 N–H and O–H groups in total. The van der Waals surface area contributed by atoms with Crippen LogP contribution in [0.5, 0.6) is 5.75 Å². The molecule has 0 atom stereocenters. The molecule has 0 radical (unpaired) electrons. The lowest BCUT2D eigenvalue weighted by Crippen LogP contribution is -1.97.